The van der Waals surface area contributed by atoms with Gasteiger partial charge >= 0.3 is 5.97 Å². The zero-order chi connectivity index (χ0) is 17.4. The van der Waals surface area contributed by atoms with Crippen LogP contribution in [0.15, 0.2) is 18.2 Å². The molecule has 1 aliphatic carbocycles. The predicted molar refractivity (Wildman–Crippen MR) is 93.1 cm³/mol. The summed E-state index contributed by atoms with van der Waals surface area (Å²) in [5.74, 6) is 0.705. The van der Waals surface area contributed by atoms with Crippen LogP contribution in [0.25, 0.3) is 0 Å². The van der Waals surface area contributed by atoms with Crippen LogP contribution in [0.5, 0.6) is 0 Å². The summed E-state index contributed by atoms with van der Waals surface area (Å²) in [7, 11) is 0. The summed E-state index contributed by atoms with van der Waals surface area (Å²) in [6, 6.07) is 5.08. The SMILES string of the molecule is CC(C)[C@H]1c2ccc(C(=O)O)cc2C(=O)N1C[C@H]1CC[C@H](C)CC1. The first kappa shape index (κ1) is 17.0. The lowest BCUT2D eigenvalue weighted by Crippen LogP contribution is -2.36. The van der Waals surface area contributed by atoms with E-state index in [2.05, 4.69) is 20.8 Å². The van der Waals surface area contributed by atoms with Gasteiger partial charge in [-0.15, -0.1) is 0 Å². The molecule has 4 heteroatoms. The van der Waals surface area contributed by atoms with Gasteiger partial charge in [0, 0.05) is 12.1 Å². The Bertz CT molecular complexity index is 644. The van der Waals surface area contributed by atoms with E-state index in [4.69, 9.17) is 0 Å². The number of carbonyl (C=O) groups excluding carboxylic acids is 1. The fourth-order valence-electron chi connectivity index (χ4n) is 4.29. The van der Waals surface area contributed by atoms with Crippen molar-refractivity contribution in [3.8, 4) is 0 Å². The lowest BCUT2D eigenvalue weighted by molar-refractivity contribution is 0.0614. The molecule has 0 spiro atoms. The number of rotatable bonds is 4. The summed E-state index contributed by atoms with van der Waals surface area (Å²) in [4.78, 5) is 26.2. The molecule has 1 N–H and O–H groups in total. The minimum atomic E-state index is -0.980. The Morgan fingerprint density at radius 1 is 1.25 bits per heavy atom. The molecule has 0 saturated heterocycles. The number of fused-ring (bicyclic) bond motifs is 1. The van der Waals surface area contributed by atoms with Crippen LogP contribution in [0.1, 0.15) is 78.8 Å². The van der Waals surface area contributed by atoms with Crippen LogP contribution in [0.4, 0.5) is 0 Å². The third-order valence-electron chi connectivity index (χ3n) is 5.67. The molecular weight excluding hydrogens is 302 g/mol. The second kappa shape index (κ2) is 6.58. The molecule has 1 atom stereocenters. The molecule has 0 aromatic heterocycles. The summed E-state index contributed by atoms with van der Waals surface area (Å²) in [6.07, 6.45) is 4.86. The second-order valence-electron chi connectivity index (χ2n) is 7.88. The predicted octanol–water partition coefficient (Wildman–Crippen LogP) is 4.36. The van der Waals surface area contributed by atoms with Gasteiger partial charge in [-0.05, 0) is 48.3 Å². The van der Waals surface area contributed by atoms with E-state index in [0.717, 1.165) is 18.0 Å². The first-order chi connectivity index (χ1) is 11.4. The Morgan fingerprint density at radius 2 is 1.92 bits per heavy atom. The van der Waals surface area contributed by atoms with Crippen molar-refractivity contribution in [3.63, 3.8) is 0 Å². The molecule has 130 valence electrons. The highest BCUT2D eigenvalue weighted by molar-refractivity contribution is 6.01. The van der Waals surface area contributed by atoms with E-state index < -0.39 is 5.97 Å². The van der Waals surface area contributed by atoms with Gasteiger partial charge in [-0.1, -0.05) is 39.7 Å². The molecule has 1 amide bonds. The van der Waals surface area contributed by atoms with Crippen LogP contribution in [0.2, 0.25) is 0 Å². The Hall–Kier alpha value is -1.84. The number of carboxylic acid groups (broad SMARTS) is 1. The number of carbonyl (C=O) groups is 2. The zero-order valence-corrected chi connectivity index (χ0v) is 14.8. The van der Waals surface area contributed by atoms with Crippen molar-refractivity contribution in [3.05, 3.63) is 34.9 Å². The minimum absolute atomic E-state index is 0.00502. The molecule has 3 rings (SSSR count). The van der Waals surface area contributed by atoms with Crippen molar-refractivity contribution in [2.24, 2.45) is 17.8 Å². The van der Waals surface area contributed by atoms with Gasteiger partial charge < -0.3 is 10.0 Å². The van der Waals surface area contributed by atoms with E-state index >= 15 is 0 Å². The standard InChI is InChI=1S/C20H27NO3/c1-12(2)18-16-9-8-15(20(23)24)10-17(16)19(22)21(18)11-14-6-4-13(3)5-7-14/h8-10,12-14,18H,4-7,11H2,1-3H3,(H,23,24)/t13-,14-,18-/m0/s1. The Morgan fingerprint density at radius 3 is 2.50 bits per heavy atom. The molecule has 0 unspecified atom stereocenters. The van der Waals surface area contributed by atoms with Crippen LogP contribution < -0.4 is 0 Å². The molecule has 24 heavy (non-hydrogen) atoms. The van der Waals surface area contributed by atoms with Gasteiger partial charge in [0.15, 0.2) is 0 Å². The lowest BCUT2D eigenvalue weighted by atomic mass is 9.82. The number of hydrogen-bond donors (Lipinski definition) is 1. The highest BCUT2D eigenvalue weighted by Gasteiger charge is 2.39. The Labute approximate surface area is 143 Å². The van der Waals surface area contributed by atoms with Gasteiger partial charge in [-0.25, -0.2) is 4.79 Å². The monoisotopic (exact) mass is 329 g/mol. The Kier molecular flexibility index (Phi) is 4.66. The van der Waals surface area contributed by atoms with Gasteiger partial charge in [0.05, 0.1) is 11.6 Å². The van der Waals surface area contributed by atoms with E-state index in [-0.39, 0.29) is 17.5 Å². The van der Waals surface area contributed by atoms with Gasteiger partial charge in [0.25, 0.3) is 5.91 Å². The van der Waals surface area contributed by atoms with Gasteiger partial charge in [0.1, 0.15) is 0 Å². The van der Waals surface area contributed by atoms with Crippen LogP contribution in [0, 0.1) is 17.8 Å². The van der Waals surface area contributed by atoms with Crippen molar-refractivity contribution in [2.75, 3.05) is 6.54 Å². The first-order valence-corrected chi connectivity index (χ1v) is 9.06. The number of aromatic carboxylic acids is 1. The van der Waals surface area contributed by atoms with Gasteiger partial charge in [-0.2, -0.15) is 0 Å². The maximum atomic E-state index is 13.0. The molecule has 1 aromatic carbocycles. The van der Waals surface area contributed by atoms with Crippen molar-refractivity contribution in [2.45, 2.75) is 52.5 Å². The summed E-state index contributed by atoms with van der Waals surface area (Å²) in [5.41, 5.74) is 1.76. The van der Waals surface area contributed by atoms with E-state index in [1.54, 1.807) is 12.1 Å². The summed E-state index contributed by atoms with van der Waals surface area (Å²) in [6.45, 7) is 7.37. The molecule has 0 radical (unpaired) electrons. The largest absolute Gasteiger partial charge is 0.478 e. The maximum absolute atomic E-state index is 13.0. The Balaban J connectivity index is 1.86. The zero-order valence-electron chi connectivity index (χ0n) is 14.8. The molecular formula is C20H27NO3. The fourth-order valence-corrected chi connectivity index (χ4v) is 4.29. The smallest absolute Gasteiger partial charge is 0.335 e. The number of amides is 1. The third kappa shape index (κ3) is 3.06. The van der Waals surface area contributed by atoms with E-state index in [1.165, 1.54) is 25.7 Å². The highest BCUT2D eigenvalue weighted by atomic mass is 16.4. The maximum Gasteiger partial charge on any atom is 0.335 e. The van der Waals surface area contributed by atoms with Crippen molar-refractivity contribution in [1.82, 2.24) is 4.90 Å². The molecule has 1 heterocycles. The van der Waals surface area contributed by atoms with E-state index in [1.807, 2.05) is 11.0 Å². The van der Waals surface area contributed by atoms with E-state index in [0.29, 0.717) is 17.4 Å². The van der Waals surface area contributed by atoms with Crippen molar-refractivity contribution < 1.29 is 14.7 Å². The molecule has 1 aromatic rings. The average Bonchev–Trinajstić information content (AvgIpc) is 2.82. The number of carboxylic acids is 1. The normalized spacial score (nSPS) is 26.8. The van der Waals surface area contributed by atoms with Crippen molar-refractivity contribution >= 4 is 11.9 Å². The topological polar surface area (TPSA) is 57.6 Å². The fraction of sp³-hybridized carbons (Fsp3) is 0.600. The summed E-state index contributed by atoms with van der Waals surface area (Å²) < 4.78 is 0. The number of nitrogens with zero attached hydrogens (tertiary/aromatic N) is 1. The molecule has 0 bridgehead atoms. The molecule has 4 nitrogen and oxygen atoms in total. The van der Waals surface area contributed by atoms with Gasteiger partial charge in [0.2, 0.25) is 0 Å². The number of hydrogen-bond acceptors (Lipinski definition) is 2. The quantitative estimate of drug-likeness (QED) is 0.892. The molecule has 2 aliphatic rings. The van der Waals surface area contributed by atoms with Crippen LogP contribution in [-0.4, -0.2) is 28.4 Å². The third-order valence-corrected chi connectivity index (χ3v) is 5.67. The minimum Gasteiger partial charge on any atom is -0.478 e. The van der Waals surface area contributed by atoms with Crippen LogP contribution in [0.3, 0.4) is 0 Å². The van der Waals surface area contributed by atoms with Crippen LogP contribution >= 0.6 is 0 Å². The average molecular weight is 329 g/mol. The first-order valence-electron chi connectivity index (χ1n) is 9.06. The van der Waals surface area contributed by atoms with Gasteiger partial charge in [-0.3, -0.25) is 4.79 Å². The summed E-state index contributed by atoms with van der Waals surface area (Å²) >= 11 is 0. The second-order valence-corrected chi connectivity index (χ2v) is 7.88. The molecule has 1 aliphatic heterocycles. The lowest BCUT2D eigenvalue weighted by Gasteiger charge is -2.34. The number of benzene rings is 1. The van der Waals surface area contributed by atoms with E-state index in [9.17, 15) is 14.7 Å². The molecule has 1 fully saturated rings. The molecule has 1 saturated carbocycles. The van der Waals surface area contributed by atoms with Crippen LogP contribution in [-0.2, 0) is 0 Å². The van der Waals surface area contributed by atoms with Crippen molar-refractivity contribution in [1.29, 1.82) is 0 Å². The highest BCUT2D eigenvalue weighted by Crippen LogP contribution is 2.41. The summed E-state index contributed by atoms with van der Waals surface area (Å²) in [5, 5.41) is 9.20.